The van der Waals surface area contributed by atoms with Crippen molar-refractivity contribution in [3.05, 3.63) is 65.1 Å². The highest BCUT2D eigenvalue weighted by Crippen LogP contribution is 2.21. The van der Waals surface area contributed by atoms with Crippen molar-refractivity contribution in [3.63, 3.8) is 0 Å². The minimum absolute atomic E-state index is 0.122. The van der Waals surface area contributed by atoms with Crippen molar-refractivity contribution < 1.29 is 9.21 Å². The summed E-state index contributed by atoms with van der Waals surface area (Å²) in [5, 5.41) is 5.98. The van der Waals surface area contributed by atoms with Gasteiger partial charge in [0.05, 0.1) is 17.0 Å². The van der Waals surface area contributed by atoms with Crippen LogP contribution >= 0.6 is 11.3 Å². The van der Waals surface area contributed by atoms with Gasteiger partial charge in [0.25, 0.3) is 0 Å². The molecule has 0 aliphatic rings. The van der Waals surface area contributed by atoms with Crippen molar-refractivity contribution in [2.24, 2.45) is 0 Å². The van der Waals surface area contributed by atoms with Crippen LogP contribution in [0.5, 0.6) is 0 Å². The van der Waals surface area contributed by atoms with E-state index < -0.39 is 0 Å². The predicted octanol–water partition coefficient (Wildman–Crippen LogP) is 3.56. The molecule has 0 aromatic carbocycles. The predicted molar refractivity (Wildman–Crippen MR) is 94.4 cm³/mol. The third-order valence-electron chi connectivity index (χ3n) is 3.34. The van der Waals surface area contributed by atoms with Gasteiger partial charge in [-0.15, -0.1) is 11.3 Å². The summed E-state index contributed by atoms with van der Waals surface area (Å²) in [6.07, 6.45) is 9.93. The molecule has 3 aromatic heterocycles. The van der Waals surface area contributed by atoms with Crippen LogP contribution in [0, 0.1) is 0 Å². The fourth-order valence-corrected chi connectivity index (χ4v) is 2.98. The second kappa shape index (κ2) is 8.21. The molecular weight excluding hydrogens is 322 g/mol. The molecule has 0 saturated carbocycles. The van der Waals surface area contributed by atoms with Crippen LogP contribution in [0.1, 0.15) is 17.2 Å². The Hall–Kier alpha value is -2.73. The Balaban J connectivity index is 1.41. The molecule has 0 bridgehead atoms. The molecule has 24 heavy (non-hydrogen) atoms. The van der Waals surface area contributed by atoms with Crippen LogP contribution < -0.4 is 5.32 Å². The minimum Gasteiger partial charge on any atom is -0.465 e. The quantitative estimate of drug-likeness (QED) is 0.528. The number of furan rings is 1. The fraction of sp³-hybridized carbons (Fsp3) is 0.167. The van der Waals surface area contributed by atoms with Crippen molar-refractivity contribution in [1.82, 2.24) is 15.3 Å². The number of thiazole rings is 1. The summed E-state index contributed by atoms with van der Waals surface area (Å²) in [5.74, 6) is 0.541. The van der Waals surface area contributed by atoms with E-state index in [0.717, 1.165) is 29.1 Å². The number of carbonyl (C=O) groups is 1. The molecule has 0 atom stereocenters. The number of nitrogens with zero attached hydrogens (tertiary/aromatic N) is 2. The van der Waals surface area contributed by atoms with E-state index in [1.54, 1.807) is 48.2 Å². The molecule has 3 aromatic rings. The van der Waals surface area contributed by atoms with Crippen LogP contribution in [0.25, 0.3) is 17.3 Å². The Morgan fingerprint density at radius 2 is 2.17 bits per heavy atom. The van der Waals surface area contributed by atoms with Gasteiger partial charge in [-0.1, -0.05) is 0 Å². The summed E-state index contributed by atoms with van der Waals surface area (Å²) >= 11 is 1.64. The minimum atomic E-state index is -0.122. The van der Waals surface area contributed by atoms with Gasteiger partial charge in [0, 0.05) is 42.4 Å². The van der Waals surface area contributed by atoms with E-state index in [4.69, 9.17) is 4.42 Å². The number of aromatic nitrogens is 2. The summed E-state index contributed by atoms with van der Waals surface area (Å²) in [4.78, 5) is 20.3. The van der Waals surface area contributed by atoms with E-state index in [9.17, 15) is 4.79 Å². The summed E-state index contributed by atoms with van der Waals surface area (Å²) in [5.41, 5.74) is 2.05. The largest absolute Gasteiger partial charge is 0.465 e. The highest BCUT2D eigenvalue weighted by Gasteiger charge is 2.04. The Bertz CT molecular complexity index is 795. The van der Waals surface area contributed by atoms with Gasteiger partial charge in [0.1, 0.15) is 5.76 Å². The number of hydrogen-bond donors (Lipinski definition) is 1. The van der Waals surface area contributed by atoms with Gasteiger partial charge < -0.3 is 9.73 Å². The number of pyridine rings is 1. The molecule has 3 heterocycles. The van der Waals surface area contributed by atoms with Crippen LogP contribution in [0.3, 0.4) is 0 Å². The summed E-state index contributed by atoms with van der Waals surface area (Å²) < 4.78 is 5.13. The van der Waals surface area contributed by atoms with Crippen LogP contribution in [0.15, 0.2) is 58.8 Å². The molecule has 6 heteroatoms. The zero-order chi connectivity index (χ0) is 16.6. The normalized spacial score (nSPS) is 11.0. The maximum Gasteiger partial charge on any atom is 0.244 e. The van der Waals surface area contributed by atoms with Gasteiger partial charge in [-0.05, 0) is 36.8 Å². The number of hydrogen-bond acceptors (Lipinski definition) is 5. The molecule has 3 rings (SSSR count). The molecule has 0 fully saturated rings. The highest BCUT2D eigenvalue weighted by atomic mass is 32.1. The fourth-order valence-electron chi connectivity index (χ4n) is 2.14. The van der Waals surface area contributed by atoms with Gasteiger partial charge in [-0.25, -0.2) is 4.98 Å². The first-order chi connectivity index (χ1) is 11.8. The first kappa shape index (κ1) is 16.1. The van der Waals surface area contributed by atoms with Crippen molar-refractivity contribution in [2.75, 3.05) is 6.54 Å². The topological polar surface area (TPSA) is 68.0 Å². The number of rotatable bonds is 7. The Labute approximate surface area is 144 Å². The van der Waals surface area contributed by atoms with E-state index in [1.165, 1.54) is 6.08 Å². The summed E-state index contributed by atoms with van der Waals surface area (Å²) in [6.45, 7) is 0.617. The molecular formula is C18H17N3O2S. The monoisotopic (exact) mass is 339 g/mol. The molecule has 0 aliphatic carbocycles. The Morgan fingerprint density at radius 1 is 1.29 bits per heavy atom. The maximum absolute atomic E-state index is 11.7. The molecule has 0 spiro atoms. The van der Waals surface area contributed by atoms with Gasteiger partial charge in [-0.3, -0.25) is 9.78 Å². The van der Waals surface area contributed by atoms with Crippen LogP contribution in [0.2, 0.25) is 0 Å². The van der Waals surface area contributed by atoms with E-state index in [0.29, 0.717) is 12.3 Å². The van der Waals surface area contributed by atoms with Crippen molar-refractivity contribution in [2.45, 2.75) is 12.8 Å². The number of nitrogens with one attached hydrogen (secondary N) is 1. The van der Waals surface area contributed by atoms with E-state index in [1.807, 2.05) is 12.1 Å². The second-order valence-electron chi connectivity index (χ2n) is 5.11. The van der Waals surface area contributed by atoms with Crippen molar-refractivity contribution in [3.8, 4) is 11.3 Å². The SMILES string of the molecule is O=C(/C=C/c1ccco1)NCCCc1nc(-c2ccncc2)cs1. The lowest BCUT2D eigenvalue weighted by Gasteiger charge is -2.00. The van der Waals surface area contributed by atoms with Gasteiger partial charge >= 0.3 is 0 Å². The Morgan fingerprint density at radius 3 is 2.96 bits per heavy atom. The molecule has 122 valence electrons. The van der Waals surface area contributed by atoms with Crippen molar-refractivity contribution >= 4 is 23.3 Å². The molecule has 5 nitrogen and oxygen atoms in total. The second-order valence-corrected chi connectivity index (χ2v) is 6.05. The number of aryl methyl sites for hydroxylation is 1. The number of amides is 1. The Kier molecular flexibility index (Phi) is 5.52. The molecule has 1 N–H and O–H groups in total. The number of carbonyl (C=O) groups excluding carboxylic acids is 1. The third kappa shape index (κ3) is 4.63. The average molecular weight is 339 g/mol. The van der Waals surface area contributed by atoms with Gasteiger partial charge in [0.15, 0.2) is 0 Å². The molecule has 1 amide bonds. The third-order valence-corrected chi connectivity index (χ3v) is 4.25. The first-order valence-corrected chi connectivity index (χ1v) is 8.53. The maximum atomic E-state index is 11.7. The zero-order valence-electron chi connectivity index (χ0n) is 13.0. The van der Waals surface area contributed by atoms with Crippen LogP contribution in [0.4, 0.5) is 0 Å². The molecule has 0 unspecified atom stereocenters. The van der Waals surface area contributed by atoms with Gasteiger partial charge in [0.2, 0.25) is 5.91 Å². The van der Waals surface area contributed by atoms with E-state index in [2.05, 4.69) is 20.7 Å². The average Bonchev–Trinajstić information content (AvgIpc) is 3.29. The zero-order valence-corrected chi connectivity index (χ0v) is 13.8. The van der Waals surface area contributed by atoms with Crippen LogP contribution in [-0.2, 0) is 11.2 Å². The van der Waals surface area contributed by atoms with Crippen molar-refractivity contribution in [1.29, 1.82) is 0 Å². The lowest BCUT2D eigenvalue weighted by Crippen LogP contribution is -2.22. The standard InChI is InChI=1S/C18H17N3O2S/c22-17(6-5-15-3-2-12-23-15)20-9-1-4-18-21-16(13-24-18)14-7-10-19-11-8-14/h2-3,5-8,10-13H,1,4,9H2,(H,20,22)/b6-5+. The molecule has 0 saturated heterocycles. The van der Waals surface area contributed by atoms with E-state index in [-0.39, 0.29) is 5.91 Å². The van der Waals surface area contributed by atoms with Crippen LogP contribution in [-0.4, -0.2) is 22.4 Å². The highest BCUT2D eigenvalue weighted by molar-refractivity contribution is 7.09. The molecule has 0 aliphatic heterocycles. The first-order valence-electron chi connectivity index (χ1n) is 7.65. The molecule has 0 radical (unpaired) electrons. The van der Waals surface area contributed by atoms with Gasteiger partial charge in [-0.2, -0.15) is 0 Å². The smallest absolute Gasteiger partial charge is 0.244 e. The summed E-state index contributed by atoms with van der Waals surface area (Å²) in [7, 11) is 0. The summed E-state index contributed by atoms with van der Waals surface area (Å²) in [6, 6.07) is 7.48. The lowest BCUT2D eigenvalue weighted by atomic mass is 10.2. The lowest BCUT2D eigenvalue weighted by molar-refractivity contribution is -0.116. The van der Waals surface area contributed by atoms with E-state index >= 15 is 0 Å².